The lowest BCUT2D eigenvalue weighted by molar-refractivity contribution is -0.441. The second-order valence-electron chi connectivity index (χ2n) is 15.4. The summed E-state index contributed by atoms with van der Waals surface area (Å²) in [5, 5.41) is 0. The van der Waals surface area contributed by atoms with Crippen molar-refractivity contribution in [1.29, 1.82) is 0 Å². The molecule has 1 aliphatic carbocycles. The monoisotopic (exact) mass is 696 g/mol. The molecule has 0 saturated carbocycles. The Hall–Kier alpha value is -4.17. The number of unbranched alkanes of at least 4 members (excludes halogenated alkanes) is 3. The Kier molecular flexibility index (Phi) is 14.1. The van der Waals surface area contributed by atoms with Crippen LogP contribution in [0.1, 0.15) is 123 Å². The van der Waals surface area contributed by atoms with Crippen molar-refractivity contribution >= 4 is 28.3 Å². The van der Waals surface area contributed by atoms with Crippen molar-refractivity contribution in [3.63, 3.8) is 0 Å². The zero-order chi connectivity index (χ0) is 38.3. The molecule has 1 aliphatic rings. The molecule has 0 radical (unpaired) electrons. The average molecular weight is 696 g/mol. The van der Waals surface area contributed by atoms with E-state index in [9.17, 15) is 0 Å². The van der Waals surface area contributed by atoms with Crippen LogP contribution in [-0.2, 0) is 0 Å². The molecule has 0 atom stereocenters. The van der Waals surface area contributed by atoms with Gasteiger partial charge in [-0.05, 0) is 175 Å². The van der Waals surface area contributed by atoms with Gasteiger partial charge < -0.3 is 4.90 Å². The minimum atomic E-state index is 0.934. The summed E-state index contributed by atoms with van der Waals surface area (Å²) in [4.78, 5) is 2.58. The molecule has 0 unspecified atom stereocenters. The Morgan fingerprint density at radius 2 is 1.29 bits per heavy atom. The molecule has 4 rings (SSSR count). The van der Waals surface area contributed by atoms with Gasteiger partial charge in [0.2, 0.25) is 11.4 Å². The molecule has 0 fully saturated rings. The van der Waals surface area contributed by atoms with Crippen LogP contribution in [0.5, 0.6) is 0 Å². The lowest BCUT2D eigenvalue weighted by Crippen LogP contribution is -2.22. The Morgan fingerprint density at radius 3 is 1.83 bits per heavy atom. The molecule has 3 aromatic rings. The fraction of sp³-hybridized carbons (Fsp3) is 0.420. The van der Waals surface area contributed by atoms with E-state index in [1.54, 1.807) is 0 Å². The fourth-order valence-electron chi connectivity index (χ4n) is 8.59. The van der Waals surface area contributed by atoms with Crippen molar-refractivity contribution in [2.75, 3.05) is 18.0 Å². The van der Waals surface area contributed by atoms with Crippen LogP contribution in [0.2, 0.25) is 0 Å². The predicted molar refractivity (Wildman–Crippen MR) is 231 cm³/mol. The van der Waals surface area contributed by atoms with E-state index >= 15 is 0 Å². The maximum absolute atomic E-state index is 4.37. The maximum atomic E-state index is 4.37. The highest BCUT2D eigenvalue weighted by molar-refractivity contribution is 6.07. The third-order valence-electron chi connectivity index (χ3n) is 10.9. The average Bonchev–Trinajstić information content (AvgIpc) is 3.08. The lowest BCUT2D eigenvalue weighted by atomic mass is 9.86. The van der Waals surface area contributed by atoms with Crippen LogP contribution in [0.25, 0.3) is 5.57 Å². The van der Waals surface area contributed by atoms with E-state index < -0.39 is 0 Å². The molecular weight excluding hydrogens is 629 g/mol. The van der Waals surface area contributed by atoms with Gasteiger partial charge in [-0.3, -0.25) is 0 Å². The number of rotatable bonds is 14. The highest BCUT2D eigenvalue weighted by atomic mass is 15.1. The molecule has 2 nitrogen and oxygen atoms in total. The largest absolute Gasteiger partial charge is 0.341 e. The molecule has 0 aromatic heterocycles. The van der Waals surface area contributed by atoms with Gasteiger partial charge in [-0.2, -0.15) is 4.58 Å². The van der Waals surface area contributed by atoms with Crippen molar-refractivity contribution < 1.29 is 4.58 Å². The van der Waals surface area contributed by atoms with E-state index in [2.05, 4.69) is 167 Å². The highest BCUT2D eigenvalue weighted by Gasteiger charge is 2.25. The van der Waals surface area contributed by atoms with Crippen LogP contribution in [0.3, 0.4) is 0 Å². The Labute approximate surface area is 318 Å². The summed E-state index contributed by atoms with van der Waals surface area (Å²) in [7, 11) is 0. The standard InChI is InChI=1S/C50H67N2/c1-15-19-21-25-51(49-38(10)26-33(5)27-39(49)11)47-23-22-43(30-36(47)8)45(18-4)44(17-3)42(14)46-31-37(9)48(32-35(46)7)52(24-20-16-2)50-40(12)28-34(6)29-41(50)13/h18,22-23,26-32H,4,15-17,19-21,24-25H2,1-3,5-14H3/q+1. The first kappa shape index (κ1) is 40.6. The summed E-state index contributed by atoms with van der Waals surface area (Å²) < 4.78 is 2.57. The van der Waals surface area contributed by atoms with Crippen molar-refractivity contribution in [3.05, 3.63) is 140 Å². The summed E-state index contributed by atoms with van der Waals surface area (Å²) in [6.45, 7) is 35.9. The topological polar surface area (TPSA) is 6.25 Å². The van der Waals surface area contributed by atoms with Gasteiger partial charge in [-0.15, -0.1) is 0 Å². The van der Waals surface area contributed by atoms with Gasteiger partial charge in [-0.1, -0.05) is 69.5 Å². The van der Waals surface area contributed by atoms with Gasteiger partial charge in [0.1, 0.15) is 6.54 Å². The molecule has 0 heterocycles. The molecule has 0 spiro atoms. The quantitative estimate of drug-likeness (QED) is 0.120. The van der Waals surface area contributed by atoms with Crippen molar-refractivity contribution in [3.8, 4) is 0 Å². The Morgan fingerprint density at radius 1 is 0.692 bits per heavy atom. The molecule has 2 heteroatoms. The van der Waals surface area contributed by atoms with Gasteiger partial charge in [0.15, 0.2) is 0 Å². The zero-order valence-electron chi connectivity index (χ0n) is 35.0. The van der Waals surface area contributed by atoms with Crippen molar-refractivity contribution in [2.24, 2.45) is 0 Å². The van der Waals surface area contributed by atoms with E-state index in [0.29, 0.717) is 0 Å². The molecule has 0 amide bonds. The minimum absolute atomic E-state index is 0.934. The zero-order valence-corrected chi connectivity index (χ0v) is 35.0. The molecular formula is C50H67N2+. The number of hydrogen-bond donors (Lipinski definition) is 0. The van der Waals surface area contributed by atoms with Crippen LogP contribution >= 0.6 is 0 Å². The van der Waals surface area contributed by atoms with Gasteiger partial charge in [0, 0.05) is 47.1 Å². The molecule has 0 saturated heterocycles. The van der Waals surface area contributed by atoms with Crippen LogP contribution in [0.4, 0.5) is 17.1 Å². The van der Waals surface area contributed by atoms with Crippen LogP contribution in [0.15, 0.2) is 89.6 Å². The number of benzene rings is 3. The summed E-state index contributed by atoms with van der Waals surface area (Å²) in [6, 6.07) is 14.2. The second kappa shape index (κ2) is 18.0. The van der Waals surface area contributed by atoms with Crippen LogP contribution in [-0.4, -0.2) is 23.4 Å². The number of allylic oxidation sites excluding steroid dienone is 9. The van der Waals surface area contributed by atoms with Crippen molar-refractivity contribution in [1.82, 2.24) is 0 Å². The Balaban J connectivity index is 1.84. The molecule has 3 aromatic carbocycles. The summed E-state index contributed by atoms with van der Waals surface area (Å²) in [5.74, 6) is 0. The van der Waals surface area contributed by atoms with Crippen molar-refractivity contribution in [2.45, 2.75) is 129 Å². The Bertz CT molecular complexity index is 1920. The third-order valence-corrected chi connectivity index (χ3v) is 10.9. The fourth-order valence-corrected chi connectivity index (χ4v) is 8.59. The SMILES string of the molecule is C=CC(=C1C=C/C(=[N+](\CCCCC)c2c(C)cc(C)cc2C)C(C)=C/1)/C(CC)=C(\C)c1cc(C)c(N(CCCC)c2c(C)cc(C)cc2C)cc1C. The first-order valence-electron chi connectivity index (χ1n) is 19.9. The van der Waals surface area contributed by atoms with Gasteiger partial charge in [0.05, 0.1) is 0 Å². The summed E-state index contributed by atoms with van der Waals surface area (Å²) >= 11 is 0. The first-order valence-corrected chi connectivity index (χ1v) is 19.9. The maximum Gasteiger partial charge on any atom is 0.211 e. The smallest absolute Gasteiger partial charge is 0.211 e. The molecule has 52 heavy (non-hydrogen) atoms. The summed E-state index contributed by atoms with van der Waals surface area (Å²) in [5.41, 5.74) is 23.8. The minimum Gasteiger partial charge on any atom is -0.341 e. The first-order chi connectivity index (χ1) is 24.8. The normalized spacial score (nSPS) is 15.4. The number of anilines is 2. The van der Waals surface area contributed by atoms with E-state index in [4.69, 9.17) is 0 Å². The highest BCUT2D eigenvalue weighted by Crippen LogP contribution is 2.39. The second-order valence-corrected chi connectivity index (χ2v) is 15.4. The molecule has 276 valence electrons. The van der Waals surface area contributed by atoms with Gasteiger partial charge in [-0.25, -0.2) is 0 Å². The van der Waals surface area contributed by atoms with E-state index in [-0.39, 0.29) is 0 Å². The number of nitrogens with zero attached hydrogens (tertiary/aromatic N) is 2. The number of aryl methyl sites for hydroxylation is 8. The molecule has 0 N–H and O–H groups in total. The van der Waals surface area contributed by atoms with Crippen LogP contribution in [0, 0.1) is 55.4 Å². The summed E-state index contributed by atoms with van der Waals surface area (Å²) in [6.07, 6.45) is 16.0. The lowest BCUT2D eigenvalue weighted by Gasteiger charge is -2.31. The number of hydrogen-bond acceptors (Lipinski definition) is 1. The predicted octanol–water partition coefficient (Wildman–Crippen LogP) is 14.2. The van der Waals surface area contributed by atoms with E-state index in [1.165, 1.54) is 126 Å². The van der Waals surface area contributed by atoms with Gasteiger partial charge >= 0.3 is 0 Å². The third kappa shape index (κ3) is 8.88. The van der Waals surface area contributed by atoms with E-state index in [0.717, 1.165) is 25.9 Å². The van der Waals surface area contributed by atoms with E-state index in [1.807, 2.05) is 0 Å². The van der Waals surface area contributed by atoms with Gasteiger partial charge in [0.25, 0.3) is 0 Å². The van der Waals surface area contributed by atoms with Crippen LogP contribution < -0.4 is 4.90 Å². The molecule has 0 aliphatic heterocycles. The molecule has 0 bridgehead atoms.